The van der Waals surface area contributed by atoms with E-state index in [-0.39, 0.29) is 5.91 Å². The van der Waals surface area contributed by atoms with Gasteiger partial charge in [0.05, 0.1) is 5.69 Å². The lowest BCUT2D eigenvalue weighted by atomic mass is 10.1. The summed E-state index contributed by atoms with van der Waals surface area (Å²) < 4.78 is 0. The second-order valence-electron chi connectivity index (χ2n) is 5.29. The number of hydrogen-bond donors (Lipinski definition) is 1. The minimum atomic E-state index is 0.105. The van der Waals surface area contributed by atoms with Crippen LogP contribution in [0.1, 0.15) is 25.8 Å². The zero-order chi connectivity index (χ0) is 14.4. The van der Waals surface area contributed by atoms with Gasteiger partial charge in [0, 0.05) is 24.7 Å². The van der Waals surface area contributed by atoms with Gasteiger partial charge >= 0.3 is 0 Å². The first-order chi connectivity index (χ1) is 9.65. The summed E-state index contributed by atoms with van der Waals surface area (Å²) >= 11 is 0. The average Bonchev–Trinajstić information content (AvgIpc) is 2.46. The number of hydrogen-bond acceptors (Lipinski definition) is 2. The van der Waals surface area contributed by atoms with E-state index in [1.165, 1.54) is 0 Å². The molecule has 1 aromatic carbocycles. The molecule has 1 amide bonds. The van der Waals surface area contributed by atoms with Crippen LogP contribution in [0.3, 0.4) is 0 Å². The van der Waals surface area contributed by atoms with Gasteiger partial charge in [-0.15, -0.1) is 0 Å². The van der Waals surface area contributed by atoms with Crippen molar-refractivity contribution in [3.8, 4) is 11.3 Å². The van der Waals surface area contributed by atoms with Gasteiger partial charge in [0.1, 0.15) is 0 Å². The van der Waals surface area contributed by atoms with Crippen molar-refractivity contribution in [1.29, 1.82) is 0 Å². The van der Waals surface area contributed by atoms with Gasteiger partial charge in [0.15, 0.2) is 0 Å². The topological polar surface area (TPSA) is 42.0 Å². The van der Waals surface area contributed by atoms with Crippen molar-refractivity contribution in [3.63, 3.8) is 0 Å². The summed E-state index contributed by atoms with van der Waals surface area (Å²) in [6.45, 7) is 4.66. The zero-order valence-electron chi connectivity index (χ0n) is 12.0. The maximum atomic E-state index is 11.6. The molecule has 0 atom stereocenters. The van der Waals surface area contributed by atoms with Crippen LogP contribution in [0.15, 0.2) is 48.7 Å². The Kier molecular flexibility index (Phi) is 4.88. The van der Waals surface area contributed by atoms with Crippen LogP contribution in [-0.2, 0) is 11.3 Å². The van der Waals surface area contributed by atoms with Crippen LogP contribution < -0.4 is 5.32 Å². The molecule has 0 unspecified atom stereocenters. The number of rotatable bonds is 5. The lowest BCUT2D eigenvalue weighted by molar-refractivity contribution is -0.121. The van der Waals surface area contributed by atoms with Crippen molar-refractivity contribution in [1.82, 2.24) is 10.3 Å². The molecule has 0 fully saturated rings. The van der Waals surface area contributed by atoms with Gasteiger partial charge in [-0.3, -0.25) is 9.78 Å². The Labute approximate surface area is 120 Å². The van der Waals surface area contributed by atoms with Gasteiger partial charge in [-0.1, -0.05) is 44.2 Å². The van der Waals surface area contributed by atoms with Gasteiger partial charge in [-0.2, -0.15) is 0 Å². The van der Waals surface area contributed by atoms with E-state index < -0.39 is 0 Å². The molecule has 0 bridgehead atoms. The molecule has 1 heterocycles. The predicted octanol–water partition coefficient (Wildman–Crippen LogP) is 3.41. The normalized spacial score (nSPS) is 10.6. The molecule has 0 radical (unpaired) electrons. The molecule has 3 nitrogen and oxygen atoms in total. The molecule has 0 saturated carbocycles. The van der Waals surface area contributed by atoms with E-state index >= 15 is 0 Å². The average molecular weight is 268 g/mol. The first kappa shape index (κ1) is 14.3. The SMILES string of the molecule is CC(C)CC(=O)NCc1ccc(-c2ccccn2)cc1. The number of nitrogens with one attached hydrogen (secondary N) is 1. The van der Waals surface area contributed by atoms with Crippen LogP contribution in [0.4, 0.5) is 0 Å². The van der Waals surface area contributed by atoms with E-state index in [9.17, 15) is 4.79 Å². The summed E-state index contributed by atoms with van der Waals surface area (Å²) in [5, 5.41) is 2.93. The third-order valence-electron chi connectivity index (χ3n) is 3.00. The highest BCUT2D eigenvalue weighted by atomic mass is 16.1. The molecule has 0 aliphatic carbocycles. The Morgan fingerprint density at radius 3 is 2.50 bits per heavy atom. The second kappa shape index (κ2) is 6.85. The molecule has 104 valence electrons. The molecule has 1 N–H and O–H groups in total. The van der Waals surface area contributed by atoms with Crippen molar-refractivity contribution >= 4 is 5.91 Å². The maximum Gasteiger partial charge on any atom is 0.220 e. The summed E-state index contributed by atoms with van der Waals surface area (Å²) in [5.41, 5.74) is 3.15. The van der Waals surface area contributed by atoms with Crippen molar-refractivity contribution < 1.29 is 4.79 Å². The van der Waals surface area contributed by atoms with Crippen LogP contribution in [0.25, 0.3) is 11.3 Å². The van der Waals surface area contributed by atoms with E-state index in [0.717, 1.165) is 16.8 Å². The first-order valence-electron chi connectivity index (χ1n) is 6.92. The largest absolute Gasteiger partial charge is 0.352 e. The molecule has 20 heavy (non-hydrogen) atoms. The van der Waals surface area contributed by atoms with Gasteiger partial charge < -0.3 is 5.32 Å². The van der Waals surface area contributed by atoms with E-state index in [4.69, 9.17) is 0 Å². The summed E-state index contributed by atoms with van der Waals surface area (Å²) in [6, 6.07) is 14.0. The smallest absolute Gasteiger partial charge is 0.220 e. The number of benzene rings is 1. The van der Waals surface area contributed by atoms with Crippen LogP contribution in [0.2, 0.25) is 0 Å². The first-order valence-corrected chi connectivity index (χ1v) is 6.92. The van der Waals surface area contributed by atoms with E-state index in [1.54, 1.807) is 6.20 Å². The van der Waals surface area contributed by atoms with E-state index in [0.29, 0.717) is 18.9 Å². The van der Waals surface area contributed by atoms with E-state index in [1.807, 2.05) is 56.3 Å². The van der Waals surface area contributed by atoms with Gasteiger partial charge in [0.25, 0.3) is 0 Å². The number of amides is 1. The zero-order valence-corrected chi connectivity index (χ0v) is 12.0. The Morgan fingerprint density at radius 2 is 1.90 bits per heavy atom. The second-order valence-corrected chi connectivity index (χ2v) is 5.29. The summed E-state index contributed by atoms with van der Waals surface area (Å²) in [4.78, 5) is 15.9. The fourth-order valence-corrected chi connectivity index (χ4v) is 1.97. The van der Waals surface area contributed by atoms with Gasteiger partial charge in [-0.25, -0.2) is 0 Å². The van der Waals surface area contributed by atoms with Crippen LogP contribution in [0, 0.1) is 5.92 Å². The van der Waals surface area contributed by atoms with E-state index in [2.05, 4.69) is 10.3 Å². The van der Waals surface area contributed by atoms with Crippen molar-refractivity contribution in [2.75, 3.05) is 0 Å². The quantitative estimate of drug-likeness (QED) is 0.903. The maximum absolute atomic E-state index is 11.6. The summed E-state index contributed by atoms with van der Waals surface area (Å²) in [5.74, 6) is 0.496. The molecule has 1 aromatic heterocycles. The highest BCUT2D eigenvalue weighted by Gasteiger charge is 2.04. The third kappa shape index (κ3) is 4.19. The molecule has 0 saturated heterocycles. The Balaban J connectivity index is 1.94. The van der Waals surface area contributed by atoms with Crippen molar-refractivity contribution in [2.24, 2.45) is 5.92 Å². The van der Waals surface area contributed by atoms with Crippen LogP contribution >= 0.6 is 0 Å². The number of carbonyl (C=O) groups is 1. The molecule has 0 aliphatic rings. The highest BCUT2D eigenvalue weighted by molar-refractivity contribution is 5.76. The molecular weight excluding hydrogens is 248 g/mol. The molecular formula is C17H20N2O. The standard InChI is InChI=1S/C17H20N2O/c1-13(2)11-17(20)19-12-14-6-8-15(9-7-14)16-5-3-4-10-18-16/h3-10,13H,11-12H2,1-2H3,(H,19,20). The number of nitrogens with zero attached hydrogens (tertiary/aromatic N) is 1. The molecule has 0 spiro atoms. The third-order valence-corrected chi connectivity index (χ3v) is 3.00. The van der Waals surface area contributed by atoms with Gasteiger partial charge in [-0.05, 0) is 23.6 Å². The number of carbonyl (C=O) groups excluding carboxylic acids is 1. The highest BCUT2D eigenvalue weighted by Crippen LogP contribution is 2.16. The summed E-state index contributed by atoms with van der Waals surface area (Å²) in [7, 11) is 0. The van der Waals surface area contributed by atoms with Crippen LogP contribution in [0.5, 0.6) is 0 Å². The van der Waals surface area contributed by atoms with Crippen LogP contribution in [-0.4, -0.2) is 10.9 Å². The fraction of sp³-hybridized carbons (Fsp3) is 0.294. The fourth-order valence-electron chi connectivity index (χ4n) is 1.97. The van der Waals surface area contributed by atoms with Gasteiger partial charge in [0.2, 0.25) is 5.91 Å². The number of aromatic nitrogens is 1. The molecule has 3 heteroatoms. The minimum absolute atomic E-state index is 0.105. The molecule has 2 rings (SSSR count). The number of pyridine rings is 1. The lowest BCUT2D eigenvalue weighted by Gasteiger charge is -2.08. The predicted molar refractivity (Wildman–Crippen MR) is 81.0 cm³/mol. The Hall–Kier alpha value is -2.16. The minimum Gasteiger partial charge on any atom is -0.352 e. The molecule has 2 aromatic rings. The van der Waals surface area contributed by atoms with Crippen molar-refractivity contribution in [2.45, 2.75) is 26.8 Å². The monoisotopic (exact) mass is 268 g/mol. The Bertz CT molecular complexity index is 547. The van der Waals surface area contributed by atoms with Crippen molar-refractivity contribution in [3.05, 3.63) is 54.2 Å². The Morgan fingerprint density at radius 1 is 1.15 bits per heavy atom. The summed E-state index contributed by atoms with van der Waals surface area (Å²) in [6.07, 6.45) is 2.36. The lowest BCUT2D eigenvalue weighted by Crippen LogP contribution is -2.23. The molecule has 0 aliphatic heterocycles.